The number of ether oxygens (including phenoxy) is 2. The molecule has 4 heterocycles. The smallest absolute Gasteiger partial charge is 0.463 e. The highest BCUT2D eigenvalue weighted by atomic mass is 32.2. The van der Waals surface area contributed by atoms with Crippen molar-refractivity contribution in [3.8, 4) is 0 Å². The second-order valence-electron chi connectivity index (χ2n) is 10.8. The average molecular weight is 605 g/mol. The number of nitrogen functional groups attached to an aromatic ring is 1. The van der Waals surface area contributed by atoms with Crippen LogP contribution in [-0.4, -0.2) is 80.1 Å². The van der Waals surface area contributed by atoms with E-state index in [1.165, 1.54) is 24.0 Å². The number of esters is 1. The Kier molecular flexibility index (Phi) is 8.91. The highest BCUT2D eigenvalue weighted by molar-refractivity contribution is 8.13. The maximum atomic E-state index is 16.1. The van der Waals surface area contributed by atoms with Gasteiger partial charge in [-0.15, -0.1) is 0 Å². The van der Waals surface area contributed by atoms with Crippen molar-refractivity contribution in [3.05, 3.63) is 12.5 Å². The molecule has 2 fully saturated rings. The van der Waals surface area contributed by atoms with Crippen molar-refractivity contribution in [2.45, 2.75) is 64.8 Å². The molecule has 17 heteroatoms. The third-order valence-electron chi connectivity index (χ3n) is 6.59. The van der Waals surface area contributed by atoms with E-state index in [0.717, 1.165) is 11.8 Å². The molecule has 1 unspecified atom stereocenters. The predicted octanol–water partition coefficient (Wildman–Crippen LogP) is 2.39. The second kappa shape index (κ2) is 11.6. The lowest BCUT2D eigenvalue weighted by atomic mass is 9.97. The molecule has 0 aromatic carbocycles. The van der Waals surface area contributed by atoms with Crippen molar-refractivity contribution in [2.75, 3.05) is 31.3 Å². The van der Waals surface area contributed by atoms with Gasteiger partial charge < -0.3 is 20.9 Å². The van der Waals surface area contributed by atoms with E-state index in [-0.39, 0.29) is 48.2 Å². The summed E-state index contributed by atoms with van der Waals surface area (Å²) in [4.78, 5) is 36.8. The zero-order valence-corrected chi connectivity index (χ0v) is 24.5. The van der Waals surface area contributed by atoms with Gasteiger partial charge in [-0.1, -0.05) is 25.6 Å². The molecule has 6 atom stereocenters. The Hall–Kier alpha value is -2.20. The fourth-order valence-corrected chi connectivity index (χ4v) is 6.47. The number of imidazole rings is 1. The minimum Gasteiger partial charge on any atom is -0.463 e. The van der Waals surface area contributed by atoms with E-state index in [2.05, 4.69) is 15.0 Å². The number of carbonyl (C=O) groups excluding carboxylic acids is 2. The minimum atomic E-state index is -4.17. The molecular weight excluding hydrogens is 570 g/mol. The Morgan fingerprint density at radius 1 is 1.38 bits per heavy atom. The summed E-state index contributed by atoms with van der Waals surface area (Å²) in [5.41, 5.74) is 8.94. The molecule has 0 aliphatic carbocycles. The van der Waals surface area contributed by atoms with Crippen LogP contribution in [0.15, 0.2) is 12.5 Å². The van der Waals surface area contributed by atoms with Crippen LogP contribution in [0.1, 0.15) is 40.8 Å². The number of thioether (sulfide) groups is 1. The van der Waals surface area contributed by atoms with E-state index < -0.39 is 49.4 Å². The molecule has 2 saturated heterocycles. The van der Waals surface area contributed by atoms with Gasteiger partial charge in [-0.25, -0.2) is 18.9 Å². The van der Waals surface area contributed by atoms with Gasteiger partial charge in [0.05, 0.1) is 31.2 Å². The van der Waals surface area contributed by atoms with Crippen LogP contribution in [0.3, 0.4) is 0 Å². The van der Waals surface area contributed by atoms with Gasteiger partial charge in [0.15, 0.2) is 22.7 Å². The topological polar surface area (TPSA) is 193 Å². The lowest BCUT2D eigenvalue weighted by Gasteiger charge is -2.33. The minimum absolute atomic E-state index is 0.0150. The first kappa shape index (κ1) is 30.8. The van der Waals surface area contributed by atoms with E-state index in [1.807, 2.05) is 0 Å². The summed E-state index contributed by atoms with van der Waals surface area (Å²) in [6.45, 7) is 7.54. The van der Waals surface area contributed by atoms with E-state index in [0.29, 0.717) is 5.52 Å². The molecule has 2 aliphatic rings. The molecule has 0 bridgehead atoms. The zero-order chi connectivity index (χ0) is 29.5. The van der Waals surface area contributed by atoms with E-state index in [4.69, 9.17) is 34.5 Å². The number of anilines is 1. The van der Waals surface area contributed by atoms with Crippen molar-refractivity contribution < 1.29 is 41.6 Å². The summed E-state index contributed by atoms with van der Waals surface area (Å²) in [7, 11) is -4.17. The highest BCUT2D eigenvalue weighted by Crippen LogP contribution is 2.59. The number of rotatable bonds is 10. The van der Waals surface area contributed by atoms with Crippen LogP contribution in [0, 0.1) is 11.3 Å². The number of nitrogens with zero attached hydrogens (tertiary/aromatic N) is 4. The fourth-order valence-electron chi connectivity index (χ4n) is 4.08. The normalized spacial score (nSPS) is 29.4. The number of aromatic nitrogens is 4. The molecule has 4 rings (SSSR count). The van der Waals surface area contributed by atoms with Crippen LogP contribution < -0.4 is 11.5 Å². The lowest BCUT2D eigenvalue weighted by molar-refractivity contribution is -0.150. The molecular formula is C23H34FN6O8PS. The second-order valence-corrected chi connectivity index (χ2v) is 13.5. The quantitative estimate of drug-likeness (QED) is 0.228. The SMILES string of the molecule is CC(C)[C@H](N)C(=O)OCC(C)(C)C(=O)SCCOP1(=O)OC[C@H]2O[C@@H](n3cnc4cnc(N)nc43)[C@](C)(F)[C@@H]2O1. The molecule has 2 aromatic heterocycles. The van der Waals surface area contributed by atoms with Crippen LogP contribution in [0.4, 0.5) is 10.3 Å². The van der Waals surface area contributed by atoms with E-state index in [9.17, 15) is 14.2 Å². The molecule has 4 N–H and O–H groups in total. The van der Waals surface area contributed by atoms with Gasteiger partial charge in [0.25, 0.3) is 0 Å². The Bertz CT molecular complexity index is 1310. The summed E-state index contributed by atoms with van der Waals surface area (Å²) in [5, 5.41) is -0.272. The van der Waals surface area contributed by atoms with Gasteiger partial charge in [-0.3, -0.25) is 27.7 Å². The lowest BCUT2D eigenvalue weighted by Crippen LogP contribution is -2.44. The number of phosphoric ester groups is 1. The number of alkyl halides is 1. The van der Waals surface area contributed by atoms with Gasteiger partial charge in [-0.05, 0) is 26.7 Å². The molecule has 0 saturated carbocycles. The standard InChI is InChI=1S/C23H34FN6O8PS/c1-12(2)15(25)18(31)34-10-22(3,4)20(32)40-7-6-35-39(33)36-9-14-16(38-39)23(5,24)19(37-14)30-11-28-13-8-27-21(26)29-17(13)30/h8,11-12,14-16,19H,6-7,9-10,25H2,1-5H3,(H2,26,27,29)/t14-,15+,16-,19-,23-,39?/m1/s1. The summed E-state index contributed by atoms with van der Waals surface area (Å²) >= 11 is 0.907. The van der Waals surface area contributed by atoms with Crippen molar-refractivity contribution in [1.82, 2.24) is 19.5 Å². The number of nitrogens with two attached hydrogens (primary N) is 2. The number of hydrogen-bond acceptors (Lipinski definition) is 14. The van der Waals surface area contributed by atoms with E-state index in [1.54, 1.807) is 27.7 Å². The number of hydrogen-bond donors (Lipinski definition) is 2. The monoisotopic (exact) mass is 604 g/mol. The molecule has 2 aromatic rings. The van der Waals surface area contributed by atoms with Crippen molar-refractivity contribution in [2.24, 2.45) is 17.1 Å². The fraction of sp³-hybridized carbons (Fsp3) is 0.696. The maximum absolute atomic E-state index is 16.1. The van der Waals surface area contributed by atoms with Gasteiger partial charge in [0.2, 0.25) is 5.95 Å². The maximum Gasteiger partial charge on any atom is 0.475 e. The van der Waals surface area contributed by atoms with Crippen molar-refractivity contribution >= 4 is 47.8 Å². The zero-order valence-electron chi connectivity index (χ0n) is 22.8. The predicted molar refractivity (Wildman–Crippen MR) is 143 cm³/mol. The summed E-state index contributed by atoms with van der Waals surface area (Å²) in [5.74, 6) is -0.597. The van der Waals surface area contributed by atoms with Gasteiger partial charge in [0, 0.05) is 5.75 Å². The van der Waals surface area contributed by atoms with Crippen LogP contribution >= 0.6 is 19.6 Å². The number of carbonyl (C=O) groups is 2. The van der Waals surface area contributed by atoms with Crippen LogP contribution in [0.5, 0.6) is 0 Å². The largest absolute Gasteiger partial charge is 0.475 e. The molecule has 14 nitrogen and oxygen atoms in total. The van der Waals surface area contributed by atoms with Crippen molar-refractivity contribution in [1.29, 1.82) is 0 Å². The third-order valence-corrected chi connectivity index (χ3v) is 9.23. The molecule has 222 valence electrons. The van der Waals surface area contributed by atoms with Crippen LogP contribution in [-0.2, 0) is 37.2 Å². The number of fused-ring (bicyclic) bond motifs is 2. The van der Waals surface area contributed by atoms with Gasteiger partial charge in [0.1, 0.15) is 30.4 Å². The first-order chi connectivity index (χ1) is 18.6. The Balaban J connectivity index is 1.30. The summed E-state index contributed by atoms with van der Waals surface area (Å²) in [6, 6.07) is -0.780. The molecule has 0 spiro atoms. The van der Waals surface area contributed by atoms with Gasteiger partial charge >= 0.3 is 13.8 Å². The molecule has 0 radical (unpaired) electrons. The molecule has 40 heavy (non-hydrogen) atoms. The first-order valence-electron chi connectivity index (χ1n) is 12.6. The summed E-state index contributed by atoms with van der Waals surface area (Å²) in [6.07, 6.45) is -0.632. The van der Waals surface area contributed by atoms with Crippen molar-refractivity contribution in [3.63, 3.8) is 0 Å². The van der Waals surface area contributed by atoms with Gasteiger partial charge in [-0.2, -0.15) is 4.98 Å². The average Bonchev–Trinajstić information content (AvgIpc) is 3.41. The molecule has 2 aliphatic heterocycles. The highest BCUT2D eigenvalue weighted by Gasteiger charge is 2.61. The number of phosphoric acid groups is 1. The van der Waals surface area contributed by atoms with Crippen LogP contribution in [0.25, 0.3) is 11.2 Å². The van der Waals surface area contributed by atoms with E-state index >= 15 is 4.39 Å². The Morgan fingerprint density at radius 3 is 2.80 bits per heavy atom. The molecule has 0 amide bonds. The Morgan fingerprint density at radius 2 is 2.10 bits per heavy atom. The third kappa shape index (κ3) is 6.32. The number of halogens is 1. The Labute approximate surface area is 234 Å². The first-order valence-corrected chi connectivity index (χ1v) is 15.1. The van der Waals surface area contributed by atoms with Crippen LogP contribution in [0.2, 0.25) is 0 Å². The summed E-state index contributed by atoms with van der Waals surface area (Å²) < 4.78 is 57.9.